The Morgan fingerprint density at radius 3 is 2.74 bits per heavy atom. The van der Waals surface area contributed by atoms with E-state index in [4.69, 9.17) is 15.5 Å². The number of amides is 1. The van der Waals surface area contributed by atoms with Gasteiger partial charge in [0.15, 0.2) is 5.17 Å². The number of aliphatic imine (C=N–C) groups is 1. The number of amidine groups is 1. The van der Waals surface area contributed by atoms with Crippen LogP contribution in [-0.4, -0.2) is 36.2 Å². The summed E-state index contributed by atoms with van der Waals surface area (Å²) in [6.45, 7) is -0.841. The Balaban J connectivity index is 1.74. The number of thioether (sulfide) groups is 1. The third-order valence-corrected chi connectivity index (χ3v) is 6.77. The predicted octanol–water partition coefficient (Wildman–Crippen LogP) is 3.53. The number of rotatable bonds is 4. The zero-order valence-electron chi connectivity index (χ0n) is 16.6. The first-order valence-corrected chi connectivity index (χ1v) is 10.9. The molecule has 2 aliphatic rings. The highest BCUT2D eigenvalue weighted by Gasteiger charge is 2.50. The summed E-state index contributed by atoms with van der Waals surface area (Å²) in [7, 11) is 0. The third-order valence-electron chi connectivity index (χ3n) is 5.74. The van der Waals surface area contributed by atoms with Crippen LogP contribution in [0.4, 0.5) is 13.2 Å². The van der Waals surface area contributed by atoms with Gasteiger partial charge in [0.25, 0.3) is 5.91 Å². The highest BCUT2D eigenvalue weighted by molar-refractivity contribution is 8.13. The highest BCUT2D eigenvalue weighted by Crippen LogP contribution is 2.47. The fraction of sp³-hybridized carbons (Fsp3) is 0.364. The van der Waals surface area contributed by atoms with Gasteiger partial charge in [0, 0.05) is 41.0 Å². The summed E-state index contributed by atoms with van der Waals surface area (Å²) in [4.78, 5) is 17.3. The first kappa shape index (κ1) is 21.9. The van der Waals surface area contributed by atoms with Crippen molar-refractivity contribution in [1.82, 2.24) is 5.32 Å². The number of fused-ring (bicyclic) bond motifs is 1. The second-order valence-corrected chi connectivity index (χ2v) is 8.63. The Morgan fingerprint density at radius 2 is 2.03 bits per heavy atom. The quantitative estimate of drug-likeness (QED) is 0.749. The van der Waals surface area contributed by atoms with Crippen molar-refractivity contribution in [2.45, 2.75) is 24.6 Å². The average Bonchev–Trinajstić information content (AvgIpc) is 2.79. The molecule has 2 aliphatic heterocycles. The smallest absolute Gasteiger partial charge is 0.257 e. The van der Waals surface area contributed by atoms with E-state index in [-0.39, 0.29) is 36.1 Å². The fourth-order valence-corrected chi connectivity index (χ4v) is 5.20. The van der Waals surface area contributed by atoms with Crippen molar-refractivity contribution in [3.05, 3.63) is 70.8 Å². The van der Waals surface area contributed by atoms with E-state index in [2.05, 4.69) is 5.32 Å². The molecular formula is C22H22F3N3O2S. The lowest BCUT2D eigenvalue weighted by Gasteiger charge is -2.46. The number of carbonyl (C=O) groups is 1. The van der Waals surface area contributed by atoms with Crippen LogP contribution in [0.2, 0.25) is 0 Å². The van der Waals surface area contributed by atoms with Crippen molar-refractivity contribution in [3.8, 4) is 0 Å². The maximum Gasteiger partial charge on any atom is 0.257 e. The summed E-state index contributed by atoms with van der Waals surface area (Å²) in [5.41, 5.74) is 5.17. The first-order chi connectivity index (χ1) is 15.0. The molecular weight excluding hydrogens is 427 g/mol. The average molecular weight is 449 g/mol. The number of nitrogens with one attached hydrogen (secondary N) is 1. The van der Waals surface area contributed by atoms with Gasteiger partial charge in [0.1, 0.15) is 23.8 Å². The second-order valence-electron chi connectivity index (χ2n) is 7.62. The van der Waals surface area contributed by atoms with Crippen LogP contribution in [0.1, 0.15) is 27.9 Å². The van der Waals surface area contributed by atoms with Crippen LogP contribution in [0.15, 0.2) is 47.5 Å². The Hall–Kier alpha value is -2.36. The van der Waals surface area contributed by atoms with E-state index in [1.807, 2.05) is 0 Å². The molecule has 2 heterocycles. The van der Waals surface area contributed by atoms with Gasteiger partial charge < -0.3 is 15.8 Å². The van der Waals surface area contributed by atoms with Gasteiger partial charge in [-0.15, -0.1) is 0 Å². The van der Waals surface area contributed by atoms with Crippen LogP contribution < -0.4 is 11.1 Å². The van der Waals surface area contributed by atoms with Crippen LogP contribution in [0.3, 0.4) is 0 Å². The molecule has 0 aromatic heterocycles. The molecule has 0 bridgehead atoms. The molecule has 4 rings (SSSR count). The number of alkyl halides is 1. The van der Waals surface area contributed by atoms with E-state index in [1.165, 1.54) is 17.8 Å². The number of nitrogens with zero attached hydrogens (tertiary/aromatic N) is 1. The highest BCUT2D eigenvalue weighted by atomic mass is 32.2. The Morgan fingerprint density at radius 1 is 1.26 bits per heavy atom. The van der Waals surface area contributed by atoms with Crippen molar-refractivity contribution >= 4 is 22.8 Å². The number of nitrogens with two attached hydrogens (primary N) is 1. The summed E-state index contributed by atoms with van der Waals surface area (Å²) < 4.78 is 48.0. The van der Waals surface area contributed by atoms with Crippen LogP contribution in [0.5, 0.6) is 0 Å². The number of carbonyl (C=O) groups excluding carboxylic acids is 1. The Kier molecular flexibility index (Phi) is 6.36. The monoisotopic (exact) mass is 449 g/mol. The first-order valence-electron chi connectivity index (χ1n) is 9.92. The summed E-state index contributed by atoms with van der Waals surface area (Å²) in [5.74, 6) is -1.63. The molecule has 3 atom stereocenters. The summed E-state index contributed by atoms with van der Waals surface area (Å²) in [6, 6.07) is 10.8. The van der Waals surface area contributed by atoms with Gasteiger partial charge in [-0.3, -0.25) is 4.79 Å². The zero-order chi connectivity index (χ0) is 22.0. The van der Waals surface area contributed by atoms with E-state index in [1.54, 1.807) is 30.3 Å². The maximum atomic E-state index is 15.0. The van der Waals surface area contributed by atoms with Gasteiger partial charge >= 0.3 is 0 Å². The van der Waals surface area contributed by atoms with Crippen LogP contribution in [0, 0.1) is 17.6 Å². The topological polar surface area (TPSA) is 76.7 Å². The molecule has 1 amide bonds. The third kappa shape index (κ3) is 4.22. The number of ether oxygens (including phenoxy) is 1. The molecule has 9 heteroatoms. The number of benzene rings is 2. The van der Waals surface area contributed by atoms with Gasteiger partial charge in [-0.1, -0.05) is 30.0 Å². The molecule has 3 N–H and O–H groups in total. The molecule has 0 saturated carbocycles. The van der Waals surface area contributed by atoms with Crippen molar-refractivity contribution in [2.24, 2.45) is 16.6 Å². The molecule has 0 spiro atoms. The number of hydrogen-bond donors (Lipinski definition) is 2. The van der Waals surface area contributed by atoms with Gasteiger partial charge in [-0.05, 0) is 24.6 Å². The van der Waals surface area contributed by atoms with Crippen molar-refractivity contribution in [2.75, 3.05) is 19.0 Å². The Labute approximate surface area is 182 Å². The van der Waals surface area contributed by atoms with Crippen molar-refractivity contribution in [1.29, 1.82) is 0 Å². The van der Waals surface area contributed by atoms with E-state index in [0.717, 1.165) is 6.07 Å². The largest absolute Gasteiger partial charge is 0.373 e. The van der Waals surface area contributed by atoms with E-state index in [0.29, 0.717) is 22.9 Å². The fourth-order valence-electron chi connectivity index (χ4n) is 4.04. The summed E-state index contributed by atoms with van der Waals surface area (Å²) in [6.07, 6.45) is -0.270. The SMILES string of the molecule is NCc1cc(C23COC(CF)CC2CSC(NC(=O)c2ccccc2)=N3)c(F)cc1F. The van der Waals surface area contributed by atoms with Crippen LogP contribution >= 0.6 is 11.8 Å². The standard InChI is InChI=1S/C22H22F3N3O2S/c23-9-16-7-15-11-31-21(27-20(29)13-4-2-1-3-5-13)28-22(15,12-30-16)17-6-14(10-26)18(24)8-19(17)25/h1-6,8,15-16H,7,9-12,26H2,(H,27,28,29). The second kappa shape index (κ2) is 9.02. The molecule has 3 unspecified atom stereocenters. The minimum Gasteiger partial charge on any atom is -0.373 e. The molecule has 5 nitrogen and oxygen atoms in total. The number of halogens is 3. The van der Waals surface area contributed by atoms with Gasteiger partial charge in [0.05, 0.1) is 12.7 Å². The maximum absolute atomic E-state index is 15.0. The van der Waals surface area contributed by atoms with Crippen molar-refractivity contribution in [3.63, 3.8) is 0 Å². The van der Waals surface area contributed by atoms with Gasteiger partial charge in [-0.25, -0.2) is 18.2 Å². The molecule has 1 fully saturated rings. The minimum absolute atomic E-state index is 0.0793. The molecule has 0 radical (unpaired) electrons. The molecule has 1 saturated heterocycles. The molecule has 31 heavy (non-hydrogen) atoms. The van der Waals surface area contributed by atoms with Crippen LogP contribution in [-0.2, 0) is 16.8 Å². The normalized spacial score (nSPS) is 25.5. The van der Waals surface area contributed by atoms with Crippen molar-refractivity contribution < 1.29 is 22.7 Å². The Bertz CT molecular complexity index is 1000. The predicted molar refractivity (Wildman–Crippen MR) is 114 cm³/mol. The van der Waals surface area contributed by atoms with E-state index in [9.17, 15) is 18.0 Å². The lowest BCUT2D eigenvalue weighted by atomic mass is 9.74. The molecule has 2 aromatic carbocycles. The van der Waals surface area contributed by atoms with E-state index >= 15 is 0 Å². The lowest BCUT2D eigenvalue weighted by molar-refractivity contribution is -0.0653. The minimum atomic E-state index is -1.21. The van der Waals surface area contributed by atoms with E-state index < -0.39 is 30.0 Å². The van der Waals surface area contributed by atoms with Gasteiger partial charge in [-0.2, -0.15) is 0 Å². The molecule has 164 valence electrons. The van der Waals surface area contributed by atoms with Crippen LogP contribution in [0.25, 0.3) is 0 Å². The molecule has 2 aromatic rings. The summed E-state index contributed by atoms with van der Waals surface area (Å²) >= 11 is 1.32. The zero-order valence-corrected chi connectivity index (χ0v) is 17.4. The lowest BCUT2D eigenvalue weighted by Crippen LogP contribution is -2.51. The molecule has 0 aliphatic carbocycles. The van der Waals surface area contributed by atoms with Gasteiger partial charge in [0.2, 0.25) is 0 Å². The number of hydrogen-bond acceptors (Lipinski definition) is 5. The summed E-state index contributed by atoms with van der Waals surface area (Å²) in [5, 5.41) is 3.08.